The zero-order valence-electron chi connectivity index (χ0n) is 13.0. The maximum Gasteiger partial charge on any atom is 0.278 e. The Morgan fingerprint density at radius 3 is 2.55 bits per heavy atom. The number of fused-ring (bicyclic) bond motifs is 1. The third-order valence-corrected chi connectivity index (χ3v) is 4.21. The van der Waals surface area contributed by atoms with Crippen molar-refractivity contribution in [2.24, 2.45) is 0 Å². The molecule has 0 saturated carbocycles. The fourth-order valence-corrected chi connectivity index (χ4v) is 3.13. The lowest BCUT2D eigenvalue weighted by Crippen LogP contribution is -2.22. The first-order valence-electron chi connectivity index (χ1n) is 7.70. The smallest absolute Gasteiger partial charge is 0.278 e. The van der Waals surface area contributed by atoms with Crippen molar-refractivity contribution in [1.82, 2.24) is 9.36 Å². The standard InChI is InChI=1S/C18H20N2O2/c1-3-7-14-8-9-15(13(2)12-14)16-17(21)19-10-5-4-6-11-20(19)18(16)22/h8-9,12,21H,4-6,10-11H2,1-2H3. The van der Waals surface area contributed by atoms with Crippen molar-refractivity contribution in [3.63, 3.8) is 0 Å². The first-order valence-corrected chi connectivity index (χ1v) is 7.70. The minimum absolute atomic E-state index is 0.0873. The van der Waals surface area contributed by atoms with Gasteiger partial charge in [-0.3, -0.25) is 9.48 Å². The molecular weight excluding hydrogens is 276 g/mol. The van der Waals surface area contributed by atoms with E-state index in [1.165, 1.54) is 0 Å². The number of rotatable bonds is 1. The molecule has 114 valence electrons. The van der Waals surface area contributed by atoms with Crippen LogP contribution in [0.2, 0.25) is 0 Å². The van der Waals surface area contributed by atoms with Gasteiger partial charge in [0.1, 0.15) is 5.56 Å². The minimum atomic E-state index is -0.100. The molecule has 0 bridgehead atoms. The molecule has 1 N–H and O–H groups in total. The summed E-state index contributed by atoms with van der Waals surface area (Å²) >= 11 is 0. The van der Waals surface area contributed by atoms with Crippen LogP contribution in [0, 0.1) is 18.8 Å². The molecule has 2 heterocycles. The highest BCUT2D eigenvalue weighted by molar-refractivity contribution is 5.72. The van der Waals surface area contributed by atoms with Crippen LogP contribution in [0.5, 0.6) is 5.88 Å². The van der Waals surface area contributed by atoms with E-state index in [2.05, 4.69) is 11.8 Å². The maximum atomic E-state index is 12.7. The molecule has 0 amide bonds. The molecule has 4 nitrogen and oxygen atoms in total. The van der Waals surface area contributed by atoms with Gasteiger partial charge in [-0.05, 0) is 56.4 Å². The largest absolute Gasteiger partial charge is 0.493 e. The van der Waals surface area contributed by atoms with E-state index in [0.717, 1.165) is 36.0 Å². The van der Waals surface area contributed by atoms with Crippen molar-refractivity contribution in [3.8, 4) is 28.8 Å². The molecule has 1 aliphatic heterocycles. The number of aromatic nitrogens is 2. The lowest BCUT2D eigenvalue weighted by molar-refractivity contribution is 0.366. The summed E-state index contributed by atoms with van der Waals surface area (Å²) in [5.74, 6) is 5.97. The summed E-state index contributed by atoms with van der Waals surface area (Å²) < 4.78 is 3.40. The van der Waals surface area contributed by atoms with Crippen LogP contribution in [0.3, 0.4) is 0 Å². The summed E-state index contributed by atoms with van der Waals surface area (Å²) in [6.45, 7) is 5.11. The fourth-order valence-electron chi connectivity index (χ4n) is 3.13. The zero-order chi connectivity index (χ0) is 15.7. The van der Waals surface area contributed by atoms with Crippen LogP contribution < -0.4 is 5.56 Å². The second-order valence-corrected chi connectivity index (χ2v) is 5.72. The molecule has 22 heavy (non-hydrogen) atoms. The monoisotopic (exact) mass is 296 g/mol. The van der Waals surface area contributed by atoms with Gasteiger partial charge < -0.3 is 5.11 Å². The topological polar surface area (TPSA) is 47.2 Å². The van der Waals surface area contributed by atoms with Crippen LogP contribution in [0.4, 0.5) is 0 Å². The van der Waals surface area contributed by atoms with E-state index >= 15 is 0 Å². The van der Waals surface area contributed by atoms with Gasteiger partial charge in [-0.15, -0.1) is 5.92 Å². The van der Waals surface area contributed by atoms with Crippen LogP contribution in [0.15, 0.2) is 23.0 Å². The first kappa shape index (κ1) is 14.5. The van der Waals surface area contributed by atoms with Crippen LogP contribution in [0.1, 0.15) is 37.3 Å². The number of aromatic hydroxyl groups is 1. The Hall–Kier alpha value is -2.41. The Bertz CT molecular complexity index is 831. The van der Waals surface area contributed by atoms with Crippen molar-refractivity contribution in [2.75, 3.05) is 0 Å². The van der Waals surface area contributed by atoms with Crippen molar-refractivity contribution in [2.45, 2.75) is 46.2 Å². The Morgan fingerprint density at radius 1 is 1.14 bits per heavy atom. The van der Waals surface area contributed by atoms with E-state index in [0.29, 0.717) is 18.7 Å². The normalized spacial score (nSPS) is 13.9. The Labute approximate surface area is 130 Å². The van der Waals surface area contributed by atoms with Crippen LogP contribution in [-0.4, -0.2) is 14.5 Å². The van der Waals surface area contributed by atoms with Gasteiger partial charge in [0, 0.05) is 18.7 Å². The summed E-state index contributed by atoms with van der Waals surface area (Å²) in [4.78, 5) is 12.7. The van der Waals surface area contributed by atoms with Gasteiger partial charge in [0.05, 0.1) is 0 Å². The van der Waals surface area contributed by atoms with Crippen LogP contribution in [0.25, 0.3) is 11.1 Å². The van der Waals surface area contributed by atoms with Gasteiger partial charge in [-0.25, -0.2) is 4.68 Å². The molecule has 0 aliphatic carbocycles. The molecule has 4 heteroatoms. The van der Waals surface area contributed by atoms with Gasteiger partial charge in [0.2, 0.25) is 5.88 Å². The number of hydrogen-bond acceptors (Lipinski definition) is 2. The molecule has 1 aromatic heterocycles. The van der Waals surface area contributed by atoms with E-state index in [9.17, 15) is 9.90 Å². The summed E-state index contributed by atoms with van der Waals surface area (Å²) in [5.41, 5.74) is 2.97. The summed E-state index contributed by atoms with van der Waals surface area (Å²) in [6.07, 6.45) is 3.06. The van der Waals surface area contributed by atoms with E-state index in [1.807, 2.05) is 25.1 Å². The summed E-state index contributed by atoms with van der Waals surface area (Å²) in [6, 6.07) is 5.73. The zero-order valence-corrected chi connectivity index (χ0v) is 13.0. The quantitative estimate of drug-likeness (QED) is 0.823. The maximum absolute atomic E-state index is 12.7. The summed E-state index contributed by atoms with van der Waals surface area (Å²) in [7, 11) is 0. The van der Waals surface area contributed by atoms with Gasteiger partial charge in [0.15, 0.2) is 0 Å². The molecule has 0 radical (unpaired) electrons. The highest BCUT2D eigenvalue weighted by Crippen LogP contribution is 2.30. The van der Waals surface area contributed by atoms with Gasteiger partial charge in [-0.1, -0.05) is 12.0 Å². The van der Waals surface area contributed by atoms with Crippen molar-refractivity contribution in [1.29, 1.82) is 0 Å². The molecule has 1 aromatic carbocycles. The Kier molecular flexibility index (Phi) is 3.81. The van der Waals surface area contributed by atoms with Crippen LogP contribution in [-0.2, 0) is 13.1 Å². The molecule has 3 rings (SSSR count). The molecule has 2 aromatic rings. The molecule has 0 fully saturated rings. The van der Waals surface area contributed by atoms with Gasteiger partial charge in [0.25, 0.3) is 5.56 Å². The average Bonchev–Trinajstić information content (AvgIpc) is 2.69. The highest BCUT2D eigenvalue weighted by Gasteiger charge is 2.23. The summed E-state index contributed by atoms with van der Waals surface area (Å²) in [5, 5.41) is 10.5. The van der Waals surface area contributed by atoms with E-state index in [1.54, 1.807) is 16.3 Å². The number of aryl methyl sites for hydroxylation is 1. The minimum Gasteiger partial charge on any atom is -0.493 e. The first-order chi connectivity index (χ1) is 10.6. The molecule has 0 atom stereocenters. The molecule has 0 spiro atoms. The third kappa shape index (κ3) is 2.33. The molecule has 1 aliphatic rings. The van der Waals surface area contributed by atoms with E-state index < -0.39 is 0 Å². The van der Waals surface area contributed by atoms with Gasteiger partial charge >= 0.3 is 0 Å². The Balaban J connectivity index is 2.17. The van der Waals surface area contributed by atoms with Crippen molar-refractivity contribution < 1.29 is 5.11 Å². The molecular formula is C18H20N2O2. The second kappa shape index (κ2) is 5.76. The molecule has 0 saturated heterocycles. The number of hydrogen-bond donors (Lipinski definition) is 1. The van der Waals surface area contributed by atoms with Gasteiger partial charge in [-0.2, -0.15) is 0 Å². The second-order valence-electron chi connectivity index (χ2n) is 5.72. The van der Waals surface area contributed by atoms with Crippen molar-refractivity contribution in [3.05, 3.63) is 39.7 Å². The molecule has 0 unspecified atom stereocenters. The predicted molar refractivity (Wildman–Crippen MR) is 86.9 cm³/mol. The van der Waals surface area contributed by atoms with E-state index in [-0.39, 0.29) is 11.4 Å². The highest BCUT2D eigenvalue weighted by atomic mass is 16.3. The SMILES string of the molecule is CC#Cc1ccc(-c2c(O)n3n(c2=O)CCCCC3)c(C)c1. The lowest BCUT2D eigenvalue weighted by atomic mass is 10.0. The number of benzene rings is 1. The Morgan fingerprint density at radius 2 is 1.86 bits per heavy atom. The van der Waals surface area contributed by atoms with Crippen molar-refractivity contribution >= 4 is 0 Å². The van der Waals surface area contributed by atoms with Crippen LogP contribution >= 0.6 is 0 Å². The predicted octanol–water partition coefficient (Wildman–Crippen LogP) is 2.89. The van der Waals surface area contributed by atoms with E-state index in [4.69, 9.17) is 0 Å². The lowest BCUT2D eigenvalue weighted by Gasteiger charge is -2.07. The fraction of sp³-hybridized carbons (Fsp3) is 0.389. The third-order valence-electron chi connectivity index (χ3n) is 4.21. The number of nitrogens with zero attached hydrogens (tertiary/aromatic N) is 2. The average molecular weight is 296 g/mol.